The first-order valence-corrected chi connectivity index (χ1v) is 9.18. The molecule has 0 amide bonds. The molecular formula is C21H42O. The van der Waals surface area contributed by atoms with Gasteiger partial charge in [0.15, 0.2) is 0 Å². The van der Waals surface area contributed by atoms with Crippen LogP contribution in [0.15, 0.2) is 0 Å². The fourth-order valence-electron chi connectivity index (χ4n) is 3.56. The molecule has 1 saturated carbocycles. The topological polar surface area (TPSA) is 17.1 Å². The lowest BCUT2D eigenvalue weighted by molar-refractivity contribution is -0.134. The van der Waals surface area contributed by atoms with Crippen molar-refractivity contribution >= 4 is 5.78 Å². The van der Waals surface area contributed by atoms with Gasteiger partial charge in [-0.05, 0) is 42.4 Å². The van der Waals surface area contributed by atoms with Gasteiger partial charge in [0.05, 0.1) is 0 Å². The van der Waals surface area contributed by atoms with Crippen LogP contribution < -0.4 is 0 Å². The minimum absolute atomic E-state index is 0.0338. The Bertz CT molecular complexity index is 347. The van der Waals surface area contributed by atoms with E-state index in [9.17, 15) is 4.79 Å². The van der Waals surface area contributed by atoms with E-state index in [1.54, 1.807) is 6.92 Å². The predicted octanol–water partition coefficient (Wildman–Crippen LogP) is 7.04. The van der Waals surface area contributed by atoms with E-state index in [0.717, 1.165) is 11.8 Å². The van der Waals surface area contributed by atoms with E-state index in [2.05, 4.69) is 62.3 Å². The van der Waals surface area contributed by atoms with E-state index >= 15 is 0 Å². The van der Waals surface area contributed by atoms with Gasteiger partial charge in [0.1, 0.15) is 5.78 Å². The molecule has 0 bridgehead atoms. The Balaban J connectivity index is 0.000000461. The largest absolute Gasteiger partial charge is 0.299 e. The quantitative estimate of drug-likeness (QED) is 0.546. The Morgan fingerprint density at radius 2 is 1.36 bits per heavy atom. The van der Waals surface area contributed by atoms with Crippen molar-refractivity contribution in [3.8, 4) is 0 Å². The lowest BCUT2D eigenvalue weighted by Gasteiger charge is -2.43. The second-order valence-electron chi connectivity index (χ2n) is 10.2. The first kappa shape index (κ1) is 21.7. The summed E-state index contributed by atoms with van der Waals surface area (Å²) in [5, 5.41) is 0. The van der Waals surface area contributed by atoms with E-state index in [1.165, 1.54) is 32.1 Å². The average Bonchev–Trinajstić information content (AvgIpc) is 2.74. The molecule has 1 aliphatic carbocycles. The number of ketones is 1. The number of carbonyl (C=O) groups excluding carboxylic acids is 1. The van der Waals surface area contributed by atoms with E-state index in [0.29, 0.717) is 5.78 Å². The highest BCUT2D eigenvalue weighted by Gasteiger charge is 2.43. The SMILES string of the molecule is CC(=O)C(C)(CC(C)(C)C)C(C)(C)C.CCC1(C)CCCC1. The number of hydrogen-bond acceptors (Lipinski definition) is 1. The van der Waals surface area contributed by atoms with Gasteiger partial charge in [-0.15, -0.1) is 0 Å². The molecule has 1 rings (SSSR count). The Hall–Kier alpha value is -0.330. The summed E-state index contributed by atoms with van der Waals surface area (Å²) in [6.45, 7) is 21.6. The molecule has 0 saturated heterocycles. The number of rotatable bonds is 3. The zero-order valence-corrected chi connectivity index (χ0v) is 17.2. The van der Waals surface area contributed by atoms with Crippen molar-refractivity contribution in [2.45, 2.75) is 108 Å². The summed E-state index contributed by atoms with van der Waals surface area (Å²) in [6.07, 6.45) is 8.23. The first-order valence-electron chi connectivity index (χ1n) is 9.18. The van der Waals surface area contributed by atoms with Gasteiger partial charge in [0.25, 0.3) is 0 Å². The van der Waals surface area contributed by atoms with Crippen LogP contribution >= 0.6 is 0 Å². The van der Waals surface area contributed by atoms with Gasteiger partial charge in [-0.1, -0.05) is 81.6 Å². The fraction of sp³-hybridized carbons (Fsp3) is 0.952. The molecule has 132 valence electrons. The minimum atomic E-state index is -0.217. The van der Waals surface area contributed by atoms with Crippen molar-refractivity contribution < 1.29 is 4.79 Å². The summed E-state index contributed by atoms with van der Waals surface area (Å²) < 4.78 is 0. The summed E-state index contributed by atoms with van der Waals surface area (Å²) >= 11 is 0. The number of carbonyl (C=O) groups is 1. The van der Waals surface area contributed by atoms with E-state index in [4.69, 9.17) is 0 Å². The fourth-order valence-corrected chi connectivity index (χ4v) is 3.56. The van der Waals surface area contributed by atoms with Crippen LogP contribution in [0, 0.1) is 21.7 Å². The van der Waals surface area contributed by atoms with Crippen LogP contribution in [-0.2, 0) is 4.79 Å². The Labute approximate surface area is 140 Å². The van der Waals surface area contributed by atoms with E-state index < -0.39 is 0 Å². The maximum Gasteiger partial charge on any atom is 0.136 e. The maximum atomic E-state index is 11.8. The van der Waals surface area contributed by atoms with Crippen molar-refractivity contribution in [1.29, 1.82) is 0 Å². The van der Waals surface area contributed by atoms with Crippen LogP contribution in [0.5, 0.6) is 0 Å². The molecular weight excluding hydrogens is 268 g/mol. The summed E-state index contributed by atoms with van der Waals surface area (Å²) in [5.41, 5.74) is 0.755. The molecule has 22 heavy (non-hydrogen) atoms. The van der Waals surface area contributed by atoms with Crippen LogP contribution in [-0.4, -0.2) is 5.78 Å². The van der Waals surface area contributed by atoms with Crippen LogP contribution in [0.2, 0.25) is 0 Å². The first-order chi connectivity index (χ1) is 9.67. The molecule has 0 spiro atoms. The Morgan fingerprint density at radius 1 is 0.955 bits per heavy atom. The molecule has 1 fully saturated rings. The highest BCUT2D eigenvalue weighted by atomic mass is 16.1. The van der Waals surface area contributed by atoms with Gasteiger partial charge < -0.3 is 0 Å². The maximum absolute atomic E-state index is 11.8. The zero-order valence-electron chi connectivity index (χ0n) is 17.2. The Morgan fingerprint density at radius 3 is 1.50 bits per heavy atom. The molecule has 0 N–H and O–H groups in total. The third-order valence-electron chi connectivity index (χ3n) is 5.98. The molecule has 0 aromatic carbocycles. The van der Waals surface area contributed by atoms with E-state index in [-0.39, 0.29) is 16.2 Å². The molecule has 1 unspecified atom stereocenters. The van der Waals surface area contributed by atoms with Crippen molar-refractivity contribution in [2.24, 2.45) is 21.7 Å². The van der Waals surface area contributed by atoms with Crippen molar-refractivity contribution in [3.05, 3.63) is 0 Å². The minimum Gasteiger partial charge on any atom is -0.299 e. The summed E-state index contributed by atoms with van der Waals surface area (Å²) in [7, 11) is 0. The monoisotopic (exact) mass is 310 g/mol. The smallest absolute Gasteiger partial charge is 0.136 e. The number of hydrogen-bond donors (Lipinski definition) is 0. The normalized spacial score (nSPS) is 20.8. The van der Waals surface area contributed by atoms with Gasteiger partial charge in [0, 0.05) is 5.41 Å². The van der Waals surface area contributed by atoms with Gasteiger partial charge in [0.2, 0.25) is 0 Å². The zero-order chi connectivity index (χ0) is 17.8. The van der Waals surface area contributed by atoms with Crippen LogP contribution in [0.4, 0.5) is 0 Å². The lowest BCUT2D eigenvalue weighted by atomic mass is 9.59. The Kier molecular flexibility index (Phi) is 7.38. The summed E-state index contributed by atoms with van der Waals surface area (Å²) in [5.74, 6) is 0.305. The second kappa shape index (κ2) is 7.49. The molecule has 1 heteroatoms. The second-order valence-corrected chi connectivity index (χ2v) is 10.2. The van der Waals surface area contributed by atoms with Crippen molar-refractivity contribution in [1.82, 2.24) is 0 Å². The third kappa shape index (κ3) is 6.42. The van der Waals surface area contributed by atoms with Gasteiger partial charge in [-0.25, -0.2) is 0 Å². The lowest BCUT2D eigenvalue weighted by Crippen LogP contribution is -2.42. The predicted molar refractivity (Wildman–Crippen MR) is 99.2 cm³/mol. The highest BCUT2D eigenvalue weighted by Crippen LogP contribution is 2.47. The molecule has 1 atom stereocenters. The van der Waals surface area contributed by atoms with Crippen LogP contribution in [0.1, 0.15) is 108 Å². The molecule has 0 aromatic rings. The molecule has 1 nitrogen and oxygen atoms in total. The summed E-state index contributed by atoms with van der Waals surface area (Å²) in [6, 6.07) is 0. The summed E-state index contributed by atoms with van der Waals surface area (Å²) in [4.78, 5) is 11.8. The third-order valence-corrected chi connectivity index (χ3v) is 5.98. The van der Waals surface area contributed by atoms with Crippen LogP contribution in [0.25, 0.3) is 0 Å². The van der Waals surface area contributed by atoms with Gasteiger partial charge in [-0.3, -0.25) is 4.79 Å². The molecule has 0 aromatic heterocycles. The molecule has 0 radical (unpaired) electrons. The van der Waals surface area contributed by atoms with Crippen LogP contribution in [0.3, 0.4) is 0 Å². The van der Waals surface area contributed by atoms with E-state index in [1.807, 2.05) is 0 Å². The number of Topliss-reactive ketones (excluding diaryl/α,β-unsaturated/α-hetero) is 1. The van der Waals surface area contributed by atoms with Crippen molar-refractivity contribution in [3.63, 3.8) is 0 Å². The average molecular weight is 311 g/mol. The van der Waals surface area contributed by atoms with Gasteiger partial charge in [-0.2, -0.15) is 0 Å². The standard InChI is InChI=1S/C13H26O.C8H16/c1-10(14)13(8,12(5,6)7)9-11(2,3)4;1-3-8(2)6-4-5-7-8/h9H2,1-8H3;3-7H2,1-2H3. The van der Waals surface area contributed by atoms with Crippen molar-refractivity contribution in [2.75, 3.05) is 0 Å². The molecule has 1 aliphatic rings. The van der Waals surface area contributed by atoms with Gasteiger partial charge >= 0.3 is 0 Å². The molecule has 0 heterocycles. The molecule has 0 aliphatic heterocycles. The highest BCUT2D eigenvalue weighted by molar-refractivity contribution is 5.82.